The van der Waals surface area contributed by atoms with Gasteiger partial charge in [-0.15, -0.1) is 0 Å². The number of nitrogens with zero attached hydrogens (tertiary/aromatic N) is 1. The molecule has 180 valence electrons. The van der Waals surface area contributed by atoms with Crippen molar-refractivity contribution in [1.82, 2.24) is 10.2 Å². The van der Waals surface area contributed by atoms with Crippen molar-refractivity contribution in [3.05, 3.63) is 64.3 Å². The minimum atomic E-state index is -4.46. The summed E-state index contributed by atoms with van der Waals surface area (Å²) < 4.78 is 39.5. The Bertz CT molecular complexity index is 975. The molecule has 1 unspecified atom stereocenters. The molecule has 0 radical (unpaired) electrons. The van der Waals surface area contributed by atoms with E-state index < -0.39 is 17.8 Å². The number of anilines is 1. The van der Waals surface area contributed by atoms with Crippen molar-refractivity contribution in [1.29, 1.82) is 0 Å². The predicted molar refractivity (Wildman–Crippen MR) is 127 cm³/mol. The van der Waals surface area contributed by atoms with Crippen LogP contribution in [0.2, 0.25) is 0 Å². The summed E-state index contributed by atoms with van der Waals surface area (Å²) in [6.45, 7) is 10.7. The third-order valence-corrected chi connectivity index (χ3v) is 6.52. The summed E-state index contributed by atoms with van der Waals surface area (Å²) in [6, 6.07) is 3.78. The lowest BCUT2D eigenvalue weighted by molar-refractivity contribution is -0.138. The fourth-order valence-corrected chi connectivity index (χ4v) is 4.70. The smallest absolute Gasteiger partial charge is 0.334 e. The molecule has 1 aliphatic carbocycles. The first-order valence-corrected chi connectivity index (χ1v) is 11.5. The van der Waals surface area contributed by atoms with Crippen LogP contribution in [0.5, 0.6) is 0 Å². The van der Waals surface area contributed by atoms with Crippen LogP contribution in [0.25, 0.3) is 0 Å². The standard InChI is InChI=1S/C26H34F3N3O/c1-16(2)32-15-22(14-24(32)19(5)12-20-9-7-6-8-17(20)3)31-25(33)30-21-11-10-18(4)23(13-21)26(27,28)29/h6,8,10-13,16,22,24H,7,9,14-15H2,1-5H3,(H2,30,31,33)/b19-12+/t22?,24-/m0/s1. The number of benzene rings is 1. The Balaban J connectivity index is 1.68. The molecule has 3 rings (SSSR count). The molecule has 2 aliphatic rings. The average Bonchev–Trinajstić information content (AvgIpc) is 3.14. The summed E-state index contributed by atoms with van der Waals surface area (Å²) in [6.07, 6.45) is 5.04. The number of nitrogens with one attached hydrogen (secondary N) is 2. The first-order valence-electron chi connectivity index (χ1n) is 11.5. The van der Waals surface area contributed by atoms with E-state index in [-0.39, 0.29) is 23.3 Å². The number of hydrogen-bond donors (Lipinski definition) is 2. The zero-order valence-corrected chi connectivity index (χ0v) is 20.0. The zero-order valence-electron chi connectivity index (χ0n) is 20.0. The fraction of sp³-hybridized carbons (Fsp3) is 0.500. The molecule has 2 N–H and O–H groups in total. The van der Waals surface area contributed by atoms with Gasteiger partial charge in [-0.1, -0.05) is 29.9 Å². The van der Waals surface area contributed by atoms with Gasteiger partial charge in [0.2, 0.25) is 0 Å². The lowest BCUT2D eigenvalue weighted by atomic mass is 9.94. The first-order chi connectivity index (χ1) is 15.5. The monoisotopic (exact) mass is 461 g/mol. The molecule has 0 saturated carbocycles. The summed E-state index contributed by atoms with van der Waals surface area (Å²) >= 11 is 0. The van der Waals surface area contributed by atoms with E-state index in [0.717, 1.165) is 25.3 Å². The van der Waals surface area contributed by atoms with Crippen molar-refractivity contribution in [3.63, 3.8) is 0 Å². The van der Waals surface area contributed by atoms with Crippen molar-refractivity contribution in [2.45, 2.75) is 78.2 Å². The molecule has 7 heteroatoms. The second kappa shape index (κ2) is 10.2. The van der Waals surface area contributed by atoms with Crippen molar-refractivity contribution in [2.75, 3.05) is 11.9 Å². The normalized spacial score (nSPS) is 22.3. The van der Waals surface area contributed by atoms with Crippen LogP contribution in [0, 0.1) is 6.92 Å². The molecule has 1 aromatic rings. The van der Waals surface area contributed by atoms with E-state index in [4.69, 9.17) is 0 Å². The number of rotatable bonds is 5. The average molecular weight is 462 g/mol. The van der Waals surface area contributed by atoms with Crippen LogP contribution in [0.4, 0.5) is 23.7 Å². The van der Waals surface area contributed by atoms with Gasteiger partial charge in [-0.3, -0.25) is 4.90 Å². The van der Waals surface area contributed by atoms with E-state index >= 15 is 0 Å². The number of allylic oxidation sites excluding steroid dienone is 5. The predicted octanol–water partition coefficient (Wildman–Crippen LogP) is 6.60. The zero-order chi connectivity index (χ0) is 24.3. The quantitative estimate of drug-likeness (QED) is 0.519. The maximum Gasteiger partial charge on any atom is 0.416 e. The highest BCUT2D eigenvalue weighted by Gasteiger charge is 2.36. The molecule has 4 nitrogen and oxygen atoms in total. The van der Waals surface area contributed by atoms with Crippen LogP contribution >= 0.6 is 0 Å². The Morgan fingerprint density at radius 3 is 2.61 bits per heavy atom. The van der Waals surface area contributed by atoms with Gasteiger partial charge < -0.3 is 10.6 Å². The minimum absolute atomic E-state index is 0.0883. The maximum absolute atomic E-state index is 13.2. The number of urea groups is 1. The number of carbonyl (C=O) groups is 1. The van der Waals surface area contributed by atoms with Crippen molar-refractivity contribution >= 4 is 11.7 Å². The fourth-order valence-electron chi connectivity index (χ4n) is 4.70. The number of likely N-dealkylation sites (tertiary alicyclic amines) is 1. The lowest BCUT2D eigenvalue weighted by Crippen LogP contribution is -2.41. The van der Waals surface area contributed by atoms with Crippen LogP contribution in [-0.2, 0) is 6.18 Å². The van der Waals surface area contributed by atoms with E-state index in [1.54, 1.807) is 0 Å². The van der Waals surface area contributed by atoms with Gasteiger partial charge >= 0.3 is 12.2 Å². The summed E-state index contributed by atoms with van der Waals surface area (Å²) in [5.74, 6) is 0. The van der Waals surface area contributed by atoms with E-state index in [1.807, 2.05) is 0 Å². The van der Waals surface area contributed by atoms with Crippen LogP contribution in [-0.4, -0.2) is 35.6 Å². The molecule has 2 atom stereocenters. The molecular weight excluding hydrogens is 427 g/mol. The minimum Gasteiger partial charge on any atom is -0.334 e. The molecule has 1 aliphatic heterocycles. The molecular formula is C26H34F3N3O. The van der Waals surface area contributed by atoms with Crippen LogP contribution in [0.3, 0.4) is 0 Å². The molecule has 0 bridgehead atoms. The largest absolute Gasteiger partial charge is 0.416 e. The van der Waals surface area contributed by atoms with Gasteiger partial charge in [0.15, 0.2) is 0 Å². The van der Waals surface area contributed by atoms with Crippen LogP contribution in [0.15, 0.2) is 53.1 Å². The Morgan fingerprint density at radius 1 is 1.24 bits per heavy atom. The van der Waals surface area contributed by atoms with Gasteiger partial charge in [-0.05, 0) is 82.7 Å². The second-order valence-corrected chi connectivity index (χ2v) is 9.40. The maximum atomic E-state index is 13.2. The summed E-state index contributed by atoms with van der Waals surface area (Å²) in [7, 11) is 0. The summed E-state index contributed by atoms with van der Waals surface area (Å²) in [5.41, 5.74) is 3.43. The number of alkyl halides is 3. The van der Waals surface area contributed by atoms with Crippen LogP contribution in [0.1, 0.15) is 58.1 Å². The third-order valence-electron chi connectivity index (χ3n) is 6.52. The highest BCUT2D eigenvalue weighted by atomic mass is 19.4. The van der Waals surface area contributed by atoms with Gasteiger partial charge in [0.05, 0.1) is 5.56 Å². The van der Waals surface area contributed by atoms with E-state index in [2.05, 4.69) is 61.5 Å². The molecule has 2 amide bonds. The van der Waals surface area contributed by atoms with Crippen molar-refractivity contribution < 1.29 is 18.0 Å². The van der Waals surface area contributed by atoms with Gasteiger partial charge in [0.25, 0.3) is 0 Å². The SMILES string of the molecule is CC1=C(/C=C(\C)[C@@H]2CC(NC(=O)Nc3ccc(C)c(C(F)(F)F)c3)CN2C(C)C)CCC=C1. The number of amides is 2. The van der Waals surface area contributed by atoms with Crippen molar-refractivity contribution in [3.8, 4) is 0 Å². The Kier molecular flexibility index (Phi) is 7.73. The lowest BCUT2D eigenvalue weighted by Gasteiger charge is -2.29. The number of aryl methyl sites for hydroxylation is 1. The molecule has 0 aromatic heterocycles. The van der Waals surface area contributed by atoms with Gasteiger partial charge in [0, 0.05) is 30.4 Å². The Labute approximate surface area is 194 Å². The number of carbonyl (C=O) groups excluding carboxylic acids is 1. The second-order valence-electron chi connectivity index (χ2n) is 9.40. The molecule has 33 heavy (non-hydrogen) atoms. The van der Waals surface area contributed by atoms with E-state index in [9.17, 15) is 18.0 Å². The van der Waals surface area contributed by atoms with Crippen molar-refractivity contribution in [2.24, 2.45) is 0 Å². The highest BCUT2D eigenvalue weighted by Crippen LogP contribution is 2.33. The molecule has 1 saturated heterocycles. The van der Waals surface area contributed by atoms with Gasteiger partial charge in [-0.25, -0.2) is 4.79 Å². The highest BCUT2D eigenvalue weighted by molar-refractivity contribution is 5.89. The Morgan fingerprint density at radius 2 is 1.97 bits per heavy atom. The summed E-state index contributed by atoms with van der Waals surface area (Å²) in [4.78, 5) is 14.9. The molecule has 1 aromatic carbocycles. The Hall–Kier alpha value is -2.54. The van der Waals surface area contributed by atoms with E-state index in [1.165, 1.54) is 35.8 Å². The first kappa shape index (κ1) is 25.1. The van der Waals surface area contributed by atoms with Gasteiger partial charge in [0.1, 0.15) is 0 Å². The molecule has 1 fully saturated rings. The summed E-state index contributed by atoms with van der Waals surface area (Å²) in [5, 5.41) is 5.53. The third kappa shape index (κ3) is 6.28. The number of halogens is 3. The van der Waals surface area contributed by atoms with E-state index in [0.29, 0.717) is 12.6 Å². The molecule has 0 spiro atoms. The number of hydrogen-bond acceptors (Lipinski definition) is 2. The van der Waals surface area contributed by atoms with Gasteiger partial charge in [-0.2, -0.15) is 13.2 Å². The van der Waals surface area contributed by atoms with Crippen LogP contribution < -0.4 is 10.6 Å². The topological polar surface area (TPSA) is 44.4 Å². The molecule has 1 heterocycles.